The minimum absolute atomic E-state index is 0.783. The molecule has 2 atom stereocenters. The molecule has 0 aromatic rings. The summed E-state index contributed by atoms with van der Waals surface area (Å²) < 4.78 is 0. The minimum atomic E-state index is 0.783. The van der Waals surface area contributed by atoms with Gasteiger partial charge < -0.3 is 10.2 Å². The van der Waals surface area contributed by atoms with Gasteiger partial charge in [0.25, 0.3) is 0 Å². The summed E-state index contributed by atoms with van der Waals surface area (Å²) in [6, 6.07) is 0.911. The average Bonchev–Trinajstić information content (AvgIpc) is 2.84. The van der Waals surface area contributed by atoms with Crippen molar-refractivity contribution in [2.75, 3.05) is 26.2 Å². The lowest BCUT2D eigenvalue weighted by Gasteiger charge is -2.49. The topological polar surface area (TPSA) is 15.3 Å². The number of likely N-dealkylation sites (tertiary alicyclic amines) is 1. The molecule has 2 nitrogen and oxygen atoms in total. The Morgan fingerprint density at radius 3 is 2.30 bits per heavy atom. The normalized spacial score (nSPS) is 33.8. The highest BCUT2D eigenvalue weighted by Gasteiger charge is 2.41. The molecule has 116 valence electrons. The average molecular weight is 278 g/mol. The first-order chi connectivity index (χ1) is 9.69. The molecular formula is C18H34N2. The van der Waals surface area contributed by atoms with Gasteiger partial charge in [-0.25, -0.2) is 0 Å². The Morgan fingerprint density at radius 1 is 1.05 bits per heavy atom. The number of nitrogens with zero attached hydrogens (tertiary/aromatic N) is 1. The van der Waals surface area contributed by atoms with E-state index < -0.39 is 0 Å². The predicted molar refractivity (Wildman–Crippen MR) is 85.9 cm³/mol. The monoisotopic (exact) mass is 278 g/mol. The van der Waals surface area contributed by atoms with Gasteiger partial charge in [-0.3, -0.25) is 0 Å². The molecule has 0 radical (unpaired) electrons. The molecule has 1 spiro atoms. The van der Waals surface area contributed by atoms with Crippen molar-refractivity contribution in [1.82, 2.24) is 10.2 Å². The van der Waals surface area contributed by atoms with Crippen LogP contribution in [-0.2, 0) is 0 Å². The van der Waals surface area contributed by atoms with E-state index >= 15 is 0 Å². The van der Waals surface area contributed by atoms with Crippen LogP contribution in [-0.4, -0.2) is 37.1 Å². The summed E-state index contributed by atoms with van der Waals surface area (Å²) in [5.74, 6) is 1.72. The number of rotatable bonds is 5. The molecular weight excluding hydrogens is 244 g/mol. The zero-order valence-corrected chi connectivity index (χ0v) is 13.7. The van der Waals surface area contributed by atoms with Crippen molar-refractivity contribution < 1.29 is 0 Å². The Balaban J connectivity index is 1.41. The highest BCUT2D eigenvalue weighted by Crippen LogP contribution is 2.47. The molecule has 1 N–H and O–H groups in total. The Morgan fingerprint density at radius 2 is 1.75 bits per heavy atom. The standard InChI is InChI=1S/C18H34N2/c1-15(2)13-19-14-16-5-6-17(16)20-11-9-18(10-12-20)7-3-4-8-18/h15-17,19H,3-14H2,1-2H3. The third-order valence-corrected chi connectivity index (χ3v) is 6.33. The molecule has 3 rings (SSSR count). The summed E-state index contributed by atoms with van der Waals surface area (Å²) in [5.41, 5.74) is 0.783. The lowest BCUT2D eigenvalue weighted by Crippen LogP contribution is -2.54. The smallest absolute Gasteiger partial charge is 0.0136 e. The molecule has 1 aliphatic heterocycles. The number of piperidine rings is 1. The van der Waals surface area contributed by atoms with E-state index in [9.17, 15) is 0 Å². The van der Waals surface area contributed by atoms with Gasteiger partial charge in [0.05, 0.1) is 0 Å². The van der Waals surface area contributed by atoms with E-state index in [1.54, 1.807) is 0 Å². The highest BCUT2D eigenvalue weighted by molar-refractivity contribution is 4.96. The fraction of sp³-hybridized carbons (Fsp3) is 1.00. The summed E-state index contributed by atoms with van der Waals surface area (Å²) in [6.07, 6.45) is 12.0. The van der Waals surface area contributed by atoms with Crippen molar-refractivity contribution in [3.05, 3.63) is 0 Å². The summed E-state index contributed by atoms with van der Waals surface area (Å²) >= 11 is 0. The van der Waals surface area contributed by atoms with Gasteiger partial charge in [-0.15, -0.1) is 0 Å². The molecule has 3 fully saturated rings. The third-order valence-electron chi connectivity index (χ3n) is 6.33. The highest BCUT2D eigenvalue weighted by atomic mass is 15.2. The van der Waals surface area contributed by atoms with Crippen LogP contribution >= 0.6 is 0 Å². The van der Waals surface area contributed by atoms with Crippen LogP contribution in [0.15, 0.2) is 0 Å². The molecule has 2 unspecified atom stereocenters. The predicted octanol–water partition coefficient (Wildman–Crippen LogP) is 3.67. The van der Waals surface area contributed by atoms with E-state index in [1.165, 1.54) is 77.5 Å². The van der Waals surface area contributed by atoms with E-state index in [0.29, 0.717) is 0 Å². The van der Waals surface area contributed by atoms with Crippen molar-refractivity contribution in [3.8, 4) is 0 Å². The van der Waals surface area contributed by atoms with Crippen LogP contribution in [0.5, 0.6) is 0 Å². The molecule has 2 saturated carbocycles. The second kappa shape index (κ2) is 6.36. The number of hydrogen-bond donors (Lipinski definition) is 1. The summed E-state index contributed by atoms with van der Waals surface area (Å²) in [6.45, 7) is 9.83. The van der Waals surface area contributed by atoms with Crippen molar-refractivity contribution in [1.29, 1.82) is 0 Å². The molecule has 0 aromatic heterocycles. The SMILES string of the molecule is CC(C)CNCC1CCC1N1CCC2(CCCC2)CC1. The quantitative estimate of drug-likeness (QED) is 0.825. The molecule has 2 heteroatoms. The van der Waals surface area contributed by atoms with Crippen LogP contribution in [0.4, 0.5) is 0 Å². The summed E-state index contributed by atoms with van der Waals surface area (Å²) in [4.78, 5) is 2.84. The molecule has 1 saturated heterocycles. The zero-order chi connectivity index (χ0) is 14.0. The van der Waals surface area contributed by atoms with Crippen LogP contribution in [0.3, 0.4) is 0 Å². The van der Waals surface area contributed by atoms with Crippen molar-refractivity contribution in [2.24, 2.45) is 17.3 Å². The van der Waals surface area contributed by atoms with Crippen LogP contribution in [0.1, 0.15) is 65.2 Å². The minimum Gasteiger partial charge on any atom is -0.316 e. The molecule has 0 bridgehead atoms. The van der Waals surface area contributed by atoms with Gasteiger partial charge in [-0.05, 0) is 82.0 Å². The Bertz CT molecular complexity index is 297. The Labute approximate surface area is 125 Å². The van der Waals surface area contributed by atoms with Crippen molar-refractivity contribution in [3.63, 3.8) is 0 Å². The van der Waals surface area contributed by atoms with Crippen molar-refractivity contribution >= 4 is 0 Å². The second-order valence-corrected chi connectivity index (χ2v) is 8.20. The van der Waals surface area contributed by atoms with Crippen LogP contribution in [0.25, 0.3) is 0 Å². The first kappa shape index (κ1) is 14.8. The fourth-order valence-electron chi connectivity index (χ4n) is 4.78. The van der Waals surface area contributed by atoms with Gasteiger partial charge >= 0.3 is 0 Å². The first-order valence-electron chi connectivity index (χ1n) is 9.13. The van der Waals surface area contributed by atoms with Gasteiger partial charge in [0, 0.05) is 6.04 Å². The molecule has 3 aliphatic rings. The largest absolute Gasteiger partial charge is 0.316 e. The molecule has 2 aliphatic carbocycles. The van der Waals surface area contributed by atoms with E-state index in [0.717, 1.165) is 23.3 Å². The van der Waals surface area contributed by atoms with Gasteiger partial charge in [0.2, 0.25) is 0 Å². The van der Waals surface area contributed by atoms with E-state index in [-0.39, 0.29) is 0 Å². The van der Waals surface area contributed by atoms with Gasteiger partial charge in [0.15, 0.2) is 0 Å². The van der Waals surface area contributed by atoms with Crippen molar-refractivity contribution in [2.45, 2.75) is 71.3 Å². The second-order valence-electron chi connectivity index (χ2n) is 8.20. The Hall–Kier alpha value is -0.0800. The third kappa shape index (κ3) is 3.22. The zero-order valence-electron chi connectivity index (χ0n) is 13.7. The number of nitrogens with one attached hydrogen (secondary N) is 1. The van der Waals surface area contributed by atoms with Gasteiger partial charge in [-0.1, -0.05) is 26.7 Å². The maximum Gasteiger partial charge on any atom is 0.0136 e. The summed E-state index contributed by atoms with van der Waals surface area (Å²) in [7, 11) is 0. The lowest BCUT2D eigenvalue weighted by molar-refractivity contribution is 0.00955. The van der Waals surface area contributed by atoms with E-state index in [1.807, 2.05) is 0 Å². The molecule has 1 heterocycles. The van der Waals surface area contributed by atoms with Crippen LogP contribution in [0.2, 0.25) is 0 Å². The lowest BCUT2D eigenvalue weighted by atomic mass is 9.73. The van der Waals surface area contributed by atoms with E-state index in [2.05, 4.69) is 24.1 Å². The fourth-order valence-corrected chi connectivity index (χ4v) is 4.78. The van der Waals surface area contributed by atoms with Gasteiger partial charge in [-0.2, -0.15) is 0 Å². The summed E-state index contributed by atoms with van der Waals surface area (Å²) in [5, 5.41) is 3.68. The molecule has 0 amide bonds. The van der Waals surface area contributed by atoms with E-state index in [4.69, 9.17) is 0 Å². The Kier molecular flexibility index (Phi) is 4.72. The van der Waals surface area contributed by atoms with Crippen LogP contribution < -0.4 is 5.32 Å². The maximum atomic E-state index is 3.68. The number of hydrogen-bond acceptors (Lipinski definition) is 2. The first-order valence-corrected chi connectivity index (χ1v) is 9.13. The maximum absolute atomic E-state index is 3.68. The molecule has 20 heavy (non-hydrogen) atoms. The van der Waals surface area contributed by atoms with Gasteiger partial charge in [0.1, 0.15) is 0 Å². The van der Waals surface area contributed by atoms with Crippen LogP contribution in [0, 0.1) is 17.3 Å². The molecule has 0 aromatic carbocycles.